The Kier molecular flexibility index (Phi) is 34.8. The summed E-state index contributed by atoms with van der Waals surface area (Å²) in [5, 5.41) is 3.25. The maximum atomic E-state index is 11.3. The van der Waals surface area contributed by atoms with Crippen LogP contribution in [0.3, 0.4) is 0 Å². The smallest absolute Gasteiger partial charge is 0.236 e. The largest absolute Gasteiger partial charge is 0.386 e. The fourth-order valence-electron chi connectivity index (χ4n) is 9.36. The summed E-state index contributed by atoms with van der Waals surface area (Å²) in [6, 6.07) is 0. The number of nitrogens with zero attached hydrogens (tertiary/aromatic N) is 9. The molecule has 0 unspecified atom stereocenters. The molecule has 6 saturated heterocycles. The number of hydrogen-bond donors (Lipinski definition) is 1. The third kappa shape index (κ3) is 34.6. The molecule has 11 heteroatoms. The Bertz CT molecular complexity index is 1080. The minimum Gasteiger partial charge on any atom is -0.386 e. The van der Waals surface area contributed by atoms with Crippen LogP contribution in [-0.4, -0.2) is 228 Å². The van der Waals surface area contributed by atoms with Crippen LogP contribution in [0.4, 0.5) is 0 Å². The van der Waals surface area contributed by atoms with E-state index in [4.69, 9.17) is 0 Å². The maximum Gasteiger partial charge on any atom is 0.236 e. The standard InChI is InChI=1S/C9H18N2O.2C9H20N2.C9H18N2.2C9H19N/c1-8(2)6-11-5-4-10(3)9(12)7-11;2*1-9(2)8-11-6-4-10(3)5-7-11;1-8(2)6-11-5-4-10-9(3)7-11;2*1-9(2)8-10-6-4-3-5-7-10/h8H,4-7H2,1-3H3;2*9H,4-8H2,1-3H3;8,10H,3-7H2,1-2H3;2*9H,3-8H2,1-2H3. The number of hydrogen-bond acceptors (Lipinski definition) is 10. The van der Waals surface area contributed by atoms with E-state index in [2.05, 4.69) is 148 Å². The normalized spacial score (nSPS) is 21.8. The molecule has 0 radical (unpaired) electrons. The lowest BCUT2D eigenvalue weighted by atomic mass is 10.1. The summed E-state index contributed by atoms with van der Waals surface area (Å²) in [5.74, 6) is 5.00. The van der Waals surface area contributed by atoms with Crippen LogP contribution in [0, 0.1) is 35.5 Å². The van der Waals surface area contributed by atoms with E-state index >= 15 is 0 Å². The van der Waals surface area contributed by atoms with E-state index in [1.165, 1.54) is 150 Å². The van der Waals surface area contributed by atoms with E-state index in [0.717, 1.165) is 74.6 Å². The summed E-state index contributed by atoms with van der Waals surface area (Å²) in [7, 11) is 6.27. The van der Waals surface area contributed by atoms with E-state index in [9.17, 15) is 4.79 Å². The van der Waals surface area contributed by atoms with Gasteiger partial charge in [-0.3, -0.25) is 14.6 Å². The molecule has 386 valence electrons. The van der Waals surface area contributed by atoms with Gasteiger partial charge in [0.2, 0.25) is 5.91 Å². The van der Waals surface area contributed by atoms with Crippen LogP contribution in [-0.2, 0) is 4.79 Å². The van der Waals surface area contributed by atoms with Crippen molar-refractivity contribution in [2.75, 3.05) is 178 Å². The van der Waals surface area contributed by atoms with Crippen LogP contribution in [0.1, 0.15) is 122 Å². The van der Waals surface area contributed by atoms with E-state index in [1.807, 2.05) is 7.05 Å². The number of carbonyl (C=O) groups is 1. The molecule has 65 heavy (non-hydrogen) atoms. The van der Waals surface area contributed by atoms with E-state index in [-0.39, 0.29) is 5.91 Å². The van der Waals surface area contributed by atoms with Crippen molar-refractivity contribution in [3.05, 3.63) is 12.3 Å². The molecule has 6 fully saturated rings. The summed E-state index contributed by atoms with van der Waals surface area (Å²) < 4.78 is 0. The number of likely N-dealkylation sites (tertiary alicyclic amines) is 2. The summed E-state index contributed by atoms with van der Waals surface area (Å²) in [6.45, 7) is 59.7. The molecule has 0 atom stereocenters. The number of nitrogens with one attached hydrogen (secondary N) is 1. The van der Waals surface area contributed by atoms with Crippen LogP contribution >= 0.6 is 0 Å². The van der Waals surface area contributed by atoms with Crippen molar-refractivity contribution in [1.29, 1.82) is 0 Å². The Morgan fingerprint density at radius 1 is 0.385 bits per heavy atom. The summed E-state index contributed by atoms with van der Waals surface area (Å²) >= 11 is 0. The predicted octanol–water partition coefficient (Wildman–Crippen LogP) is 7.51. The molecular formula is C54H114N10O. The van der Waals surface area contributed by atoms with Crippen molar-refractivity contribution < 1.29 is 4.79 Å². The van der Waals surface area contributed by atoms with Crippen molar-refractivity contribution in [2.45, 2.75) is 122 Å². The summed E-state index contributed by atoms with van der Waals surface area (Å²) in [5.41, 5.74) is 1.16. The minimum absolute atomic E-state index is 0.252. The predicted molar refractivity (Wildman–Crippen MR) is 285 cm³/mol. The average molecular weight is 920 g/mol. The molecule has 0 bridgehead atoms. The first kappa shape index (κ1) is 61.7. The van der Waals surface area contributed by atoms with Crippen molar-refractivity contribution in [3.8, 4) is 0 Å². The Morgan fingerprint density at radius 2 is 0.677 bits per heavy atom. The average Bonchev–Trinajstić information content (AvgIpc) is 3.22. The number of piperidine rings is 2. The van der Waals surface area contributed by atoms with Gasteiger partial charge in [0.05, 0.1) is 6.54 Å². The first-order chi connectivity index (χ1) is 30.7. The van der Waals surface area contributed by atoms with Gasteiger partial charge in [-0.05, 0) is 101 Å². The second kappa shape index (κ2) is 36.6. The molecule has 0 aliphatic carbocycles. The van der Waals surface area contributed by atoms with Gasteiger partial charge in [0.15, 0.2) is 0 Å². The van der Waals surface area contributed by atoms with Gasteiger partial charge in [-0.15, -0.1) is 0 Å². The Hall–Kier alpha value is -1.31. The third-order valence-corrected chi connectivity index (χ3v) is 12.6. The highest BCUT2D eigenvalue weighted by Gasteiger charge is 2.21. The zero-order valence-corrected chi connectivity index (χ0v) is 46.3. The Labute approximate surface area is 406 Å². The zero-order chi connectivity index (χ0) is 48.7. The van der Waals surface area contributed by atoms with Crippen molar-refractivity contribution in [1.82, 2.24) is 49.4 Å². The third-order valence-electron chi connectivity index (χ3n) is 12.6. The molecule has 0 spiro atoms. The summed E-state index contributed by atoms with van der Waals surface area (Å²) in [4.78, 5) is 32.9. The molecule has 6 heterocycles. The number of rotatable bonds is 12. The second-order valence-corrected chi connectivity index (χ2v) is 23.1. The van der Waals surface area contributed by atoms with Crippen LogP contribution < -0.4 is 5.32 Å². The van der Waals surface area contributed by atoms with E-state index in [1.54, 1.807) is 4.90 Å². The van der Waals surface area contributed by atoms with Crippen molar-refractivity contribution in [3.63, 3.8) is 0 Å². The number of carbonyl (C=O) groups excluding carboxylic acids is 1. The first-order valence-electron chi connectivity index (χ1n) is 27.1. The van der Waals surface area contributed by atoms with Gasteiger partial charge in [0.1, 0.15) is 0 Å². The lowest BCUT2D eigenvalue weighted by molar-refractivity contribution is -0.134. The quantitative estimate of drug-likeness (QED) is 0.213. The topological polar surface area (TPSA) is 58.3 Å². The fraction of sp³-hybridized carbons (Fsp3) is 0.944. The number of likely N-dealkylation sites (N-methyl/N-ethyl adjacent to an activating group) is 3. The molecular weight excluding hydrogens is 805 g/mol. The second-order valence-electron chi connectivity index (χ2n) is 23.1. The lowest BCUT2D eigenvalue weighted by Gasteiger charge is -2.33. The van der Waals surface area contributed by atoms with Gasteiger partial charge in [0, 0.05) is 137 Å². The SMILES string of the molecule is C=C1CN(CC(C)C)CCN1.CC(C)CN1CCCCC1.CC(C)CN1CCCCC1.CC(C)CN1CCN(C)C(=O)C1.CC(C)CN1CCN(C)CC1.CC(C)CN1CCN(C)CC1. The highest BCUT2D eigenvalue weighted by atomic mass is 16.2. The summed E-state index contributed by atoms with van der Waals surface area (Å²) in [6.07, 6.45) is 8.60. The monoisotopic (exact) mass is 919 g/mol. The van der Waals surface area contributed by atoms with Crippen molar-refractivity contribution >= 4 is 5.91 Å². The first-order valence-corrected chi connectivity index (χ1v) is 27.1. The molecule has 0 aromatic carbocycles. The number of amides is 1. The van der Waals surface area contributed by atoms with Crippen LogP contribution in [0.5, 0.6) is 0 Å². The molecule has 6 rings (SSSR count). The Balaban J connectivity index is 0.000000390. The van der Waals surface area contributed by atoms with Crippen LogP contribution in [0.25, 0.3) is 0 Å². The molecule has 6 aliphatic heterocycles. The van der Waals surface area contributed by atoms with Gasteiger partial charge in [-0.25, -0.2) is 0 Å². The van der Waals surface area contributed by atoms with E-state index < -0.39 is 0 Å². The van der Waals surface area contributed by atoms with E-state index in [0.29, 0.717) is 12.5 Å². The molecule has 0 saturated carbocycles. The Morgan fingerprint density at radius 3 is 0.985 bits per heavy atom. The molecule has 11 nitrogen and oxygen atoms in total. The molecule has 1 N–H and O–H groups in total. The molecule has 0 aromatic rings. The maximum absolute atomic E-state index is 11.3. The van der Waals surface area contributed by atoms with Gasteiger partial charge >= 0.3 is 0 Å². The van der Waals surface area contributed by atoms with Gasteiger partial charge < -0.3 is 39.6 Å². The lowest BCUT2D eigenvalue weighted by Crippen LogP contribution is -2.49. The van der Waals surface area contributed by atoms with Gasteiger partial charge in [-0.1, -0.05) is 103 Å². The van der Waals surface area contributed by atoms with Gasteiger partial charge in [-0.2, -0.15) is 0 Å². The fourth-order valence-corrected chi connectivity index (χ4v) is 9.36. The molecule has 0 aromatic heterocycles. The zero-order valence-electron chi connectivity index (χ0n) is 46.3. The molecule has 6 aliphatic rings. The van der Waals surface area contributed by atoms with Gasteiger partial charge in [0.25, 0.3) is 0 Å². The number of piperazine rings is 4. The minimum atomic E-state index is 0.252. The highest BCUT2D eigenvalue weighted by molar-refractivity contribution is 5.78. The highest BCUT2D eigenvalue weighted by Crippen LogP contribution is 2.12. The molecule has 1 amide bonds. The van der Waals surface area contributed by atoms with Crippen molar-refractivity contribution in [2.24, 2.45) is 35.5 Å². The van der Waals surface area contributed by atoms with Crippen LogP contribution in [0.2, 0.25) is 0 Å². The van der Waals surface area contributed by atoms with Crippen LogP contribution in [0.15, 0.2) is 12.3 Å².